The van der Waals surface area contributed by atoms with Crippen molar-refractivity contribution in [2.75, 3.05) is 19.6 Å². The maximum Gasteiger partial charge on any atom is 0.416 e. The van der Waals surface area contributed by atoms with E-state index in [1.807, 2.05) is 0 Å². The summed E-state index contributed by atoms with van der Waals surface area (Å²) in [7, 11) is 0. The van der Waals surface area contributed by atoms with Crippen LogP contribution in [0.4, 0.5) is 30.7 Å². The summed E-state index contributed by atoms with van der Waals surface area (Å²) >= 11 is 0. The number of carbonyl (C=O) groups is 1. The number of hydrogen-bond donors (Lipinski definition) is 1. The topological polar surface area (TPSA) is 46.3 Å². The van der Waals surface area contributed by atoms with Crippen molar-refractivity contribution in [2.24, 2.45) is 5.73 Å². The van der Waals surface area contributed by atoms with Crippen LogP contribution in [-0.2, 0) is 22.6 Å². The number of benzene rings is 3. The zero-order valence-corrected chi connectivity index (χ0v) is 24.2. The second kappa shape index (κ2) is 12.5. The number of likely N-dealkylation sites (tertiary alicyclic amines) is 1. The zero-order chi connectivity index (χ0) is 31.7. The standard InChI is InChI=1S/C34H35F7N2O/c35-29-10-6-22(7-11-29)23-12-16-43(17-13-23)21-30(25-18-27(33(36,37)38)20-28(19-25)34(39,40)41)24-4-8-26(9-5-24)32(31(42)44)14-2-1-3-15-32/h4-11,18-20,23,30H,1-3,12-17,21H2,(H2,42,44). The highest BCUT2D eigenvalue weighted by atomic mass is 19.4. The van der Waals surface area contributed by atoms with Gasteiger partial charge in [0.25, 0.3) is 0 Å². The van der Waals surface area contributed by atoms with Crippen molar-refractivity contribution in [2.45, 2.75) is 74.5 Å². The Morgan fingerprint density at radius 2 is 1.34 bits per heavy atom. The van der Waals surface area contributed by atoms with Gasteiger partial charge in [-0.2, -0.15) is 26.3 Å². The average Bonchev–Trinajstić information content (AvgIpc) is 3.00. The van der Waals surface area contributed by atoms with Gasteiger partial charge in [0.2, 0.25) is 5.91 Å². The first-order valence-corrected chi connectivity index (χ1v) is 14.9. The Hall–Kier alpha value is -3.40. The molecule has 1 atom stereocenters. The van der Waals surface area contributed by atoms with Crippen molar-refractivity contribution >= 4 is 5.91 Å². The predicted molar refractivity (Wildman–Crippen MR) is 154 cm³/mol. The van der Waals surface area contributed by atoms with E-state index in [0.717, 1.165) is 49.8 Å². The summed E-state index contributed by atoms with van der Waals surface area (Å²) in [6, 6.07) is 15.0. The third-order valence-electron chi connectivity index (χ3n) is 9.43. The Balaban J connectivity index is 1.49. The van der Waals surface area contributed by atoms with E-state index in [4.69, 9.17) is 5.73 Å². The molecule has 0 bridgehead atoms. The first kappa shape index (κ1) is 32.0. The predicted octanol–water partition coefficient (Wildman–Crippen LogP) is 8.56. The molecule has 5 rings (SSSR count). The number of nitrogens with zero attached hydrogens (tertiary/aromatic N) is 1. The van der Waals surface area contributed by atoms with Gasteiger partial charge in [0, 0.05) is 12.5 Å². The van der Waals surface area contributed by atoms with Gasteiger partial charge in [-0.3, -0.25) is 4.79 Å². The number of carbonyl (C=O) groups excluding carboxylic acids is 1. The summed E-state index contributed by atoms with van der Waals surface area (Å²) in [5, 5.41) is 0. The fourth-order valence-electron chi connectivity index (χ4n) is 6.89. The van der Waals surface area contributed by atoms with Gasteiger partial charge in [-0.25, -0.2) is 4.39 Å². The molecule has 3 aromatic carbocycles. The lowest BCUT2D eigenvalue weighted by Crippen LogP contribution is -2.42. The van der Waals surface area contributed by atoms with Gasteiger partial charge >= 0.3 is 12.4 Å². The maximum absolute atomic E-state index is 13.8. The molecule has 3 aromatic rings. The van der Waals surface area contributed by atoms with E-state index < -0.39 is 40.7 Å². The molecule has 2 aliphatic rings. The summed E-state index contributed by atoms with van der Waals surface area (Å²) in [4.78, 5) is 14.6. The van der Waals surface area contributed by atoms with Crippen molar-refractivity contribution in [1.82, 2.24) is 4.90 Å². The molecule has 3 nitrogen and oxygen atoms in total. The molecule has 1 amide bonds. The fourth-order valence-corrected chi connectivity index (χ4v) is 6.89. The largest absolute Gasteiger partial charge is 0.416 e. The zero-order valence-electron chi connectivity index (χ0n) is 24.2. The summed E-state index contributed by atoms with van der Waals surface area (Å²) in [6.45, 7) is 1.36. The van der Waals surface area contributed by atoms with E-state index in [-0.39, 0.29) is 29.9 Å². The Labute approximate surface area is 252 Å². The van der Waals surface area contributed by atoms with Crippen molar-refractivity contribution in [3.8, 4) is 0 Å². The molecule has 2 N–H and O–H groups in total. The van der Waals surface area contributed by atoms with Gasteiger partial charge in [-0.05, 0) is 97.3 Å². The molecule has 236 valence electrons. The lowest BCUT2D eigenvalue weighted by molar-refractivity contribution is -0.143. The minimum absolute atomic E-state index is 0.0807. The molecule has 2 fully saturated rings. The van der Waals surface area contributed by atoms with Crippen LogP contribution < -0.4 is 5.73 Å². The summed E-state index contributed by atoms with van der Waals surface area (Å²) in [6.07, 6.45) is -4.64. The first-order valence-electron chi connectivity index (χ1n) is 14.9. The molecular weight excluding hydrogens is 585 g/mol. The van der Waals surface area contributed by atoms with Crippen LogP contribution >= 0.6 is 0 Å². The van der Waals surface area contributed by atoms with E-state index in [1.165, 1.54) is 12.1 Å². The van der Waals surface area contributed by atoms with Crippen LogP contribution in [-0.4, -0.2) is 30.4 Å². The third kappa shape index (κ3) is 6.95. The molecule has 44 heavy (non-hydrogen) atoms. The maximum atomic E-state index is 13.8. The van der Waals surface area contributed by atoms with Crippen molar-refractivity contribution < 1.29 is 35.5 Å². The number of primary amides is 1. The second-order valence-electron chi connectivity index (χ2n) is 12.1. The highest BCUT2D eigenvalue weighted by Crippen LogP contribution is 2.42. The lowest BCUT2D eigenvalue weighted by Gasteiger charge is -2.36. The Bertz CT molecular complexity index is 1400. The van der Waals surface area contributed by atoms with E-state index >= 15 is 0 Å². The molecule has 1 aliphatic heterocycles. The number of amides is 1. The highest BCUT2D eigenvalue weighted by molar-refractivity contribution is 5.86. The molecular formula is C34H35F7N2O. The number of halogens is 7. The molecule has 1 aliphatic carbocycles. The van der Waals surface area contributed by atoms with Crippen molar-refractivity contribution in [1.29, 1.82) is 0 Å². The van der Waals surface area contributed by atoms with Gasteiger partial charge in [0.15, 0.2) is 0 Å². The smallest absolute Gasteiger partial charge is 0.369 e. The van der Waals surface area contributed by atoms with Crippen LogP contribution in [0.15, 0.2) is 66.7 Å². The Kier molecular flexibility index (Phi) is 9.12. The first-order chi connectivity index (χ1) is 20.8. The lowest BCUT2D eigenvalue weighted by atomic mass is 9.68. The number of piperidine rings is 1. The van der Waals surface area contributed by atoms with Gasteiger partial charge in [0.05, 0.1) is 16.5 Å². The third-order valence-corrected chi connectivity index (χ3v) is 9.43. The minimum atomic E-state index is -4.97. The molecule has 10 heteroatoms. The second-order valence-corrected chi connectivity index (χ2v) is 12.1. The van der Waals surface area contributed by atoms with Gasteiger partial charge in [0.1, 0.15) is 5.82 Å². The molecule has 1 saturated heterocycles. The van der Waals surface area contributed by atoms with E-state index in [0.29, 0.717) is 37.1 Å². The van der Waals surface area contributed by atoms with E-state index in [1.54, 1.807) is 36.4 Å². The van der Waals surface area contributed by atoms with E-state index in [2.05, 4.69) is 4.90 Å². The quantitative estimate of drug-likeness (QED) is 0.269. The highest BCUT2D eigenvalue weighted by Gasteiger charge is 2.40. The number of nitrogens with two attached hydrogens (primary N) is 1. The Morgan fingerprint density at radius 3 is 1.84 bits per heavy atom. The van der Waals surface area contributed by atoms with Gasteiger partial charge in [-0.1, -0.05) is 55.7 Å². The molecule has 0 radical (unpaired) electrons. The summed E-state index contributed by atoms with van der Waals surface area (Å²) in [5.41, 5.74) is 4.48. The molecule has 1 unspecified atom stereocenters. The Morgan fingerprint density at radius 1 is 0.795 bits per heavy atom. The number of alkyl halides is 6. The van der Waals surface area contributed by atoms with Crippen LogP contribution in [0.2, 0.25) is 0 Å². The van der Waals surface area contributed by atoms with Crippen LogP contribution in [0.1, 0.15) is 90.2 Å². The van der Waals surface area contributed by atoms with Gasteiger partial charge < -0.3 is 10.6 Å². The minimum Gasteiger partial charge on any atom is -0.369 e. The molecule has 1 heterocycles. The van der Waals surface area contributed by atoms with Crippen LogP contribution in [0.3, 0.4) is 0 Å². The van der Waals surface area contributed by atoms with Crippen LogP contribution in [0.25, 0.3) is 0 Å². The van der Waals surface area contributed by atoms with E-state index in [9.17, 15) is 35.5 Å². The number of rotatable bonds is 7. The van der Waals surface area contributed by atoms with Crippen molar-refractivity contribution in [3.05, 3.63) is 106 Å². The fraction of sp³-hybridized carbons (Fsp3) is 0.441. The summed E-state index contributed by atoms with van der Waals surface area (Å²) < 4.78 is 96.3. The molecule has 0 aromatic heterocycles. The monoisotopic (exact) mass is 620 g/mol. The van der Waals surface area contributed by atoms with Gasteiger partial charge in [-0.15, -0.1) is 0 Å². The molecule has 1 saturated carbocycles. The van der Waals surface area contributed by atoms with Crippen molar-refractivity contribution in [3.63, 3.8) is 0 Å². The normalized spacial score (nSPS) is 19.1. The van der Waals surface area contributed by atoms with Crippen LogP contribution in [0.5, 0.6) is 0 Å². The van der Waals surface area contributed by atoms with Crippen LogP contribution in [0, 0.1) is 5.82 Å². The summed E-state index contributed by atoms with van der Waals surface area (Å²) in [5.74, 6) is -1.39. The molecule has 0 spiro atoms. The SMILES string of the molecule is NC(=O)C1(c2ccc(C(CN3CCC(c4ccc(F)cc4)CC3)c3cc(C(F)(F)F)cc(C(F)(F)F)c3)cc2)CCCCC1. The average molecular weight is 621 g/mol. The number of hydrogen-bond acceptors (Lipinski definition) is 2.